The number of aryl methyl sites for hydroxylation is 1. The molecule has 1 amide bonds. The Kier molecular flexibility index (Phi) is 7.67. The minimum atomic E-state index is -0.604. The van der Waals surface area contributed by atoms with E-state index in [1.54, 1.807) is 18.2 Å². The maximum Gasteiger partial charge on any atom is 0.338 e. The highest BCUT2D eigenvalue weighted by Crippen LogP contribution is 2.28. The highest BCUT2D eigenvalue weighted by Gasteiger charge is 2.14. The van der Waals surface area contributed by atoms with Crippen molar-refractivity contribution in [3.63, 3.8) is 0 Å². The number of benzene rings is 2. The van der Waals surface area contributed by atoms with Crippen LogP contribution in [0.2, 0.25) is 0 Å². The van der Waals surface area contributed by atoms with Gasteiger partial charge in [0.25, 0.3) is 5.91 Å². The molecule has 0 spiro atoms. The van der Waals surface area contributed by atoms with Crippen molar-refractivity contribution in [2.45, 2.75) is 26.7 Å². The van der Waals surface area contributed by atoms with E-state index in [9.17, 15) is 9.59 Å². The zero-order valence-corrected chi connectivity index (χ0v) is 15.9. The van der Waals surface area contributed by atoms with Crippen LogP contribution in [-0.4, -0.2) is 32.2 Å². The molecule has 0 saturated heterocycles. The SMILES string of the molecule is CCCOc1ccc(C(=O)OCC(=O)Nc2cccc(CC)c2)cc1OC. The van der Waals surface area contributed by atoms with Crippen molar-refractivity contribution in [2.75, 3.05) is 25.6 Å². The van der Waals surface area contributed by atoms with Gasteiger partial charge in [-0.05, 0) is 48.7 Å². The van der Waals surface area contributed by atoms with Crippen molar-refractivity contribution >= 4 is 17.6 Å². The molecule has 0 heterocycles. The van der Waals surface area contributed by atoms with Gasteiger partial charge in [-0.15, -0.1) is 0 Å². The first-order valence-electron chi connectivity index (χ1n) is 8.94. The molecule has 27 heavy (non-hydrogen) atoms. The van der Waals surface area contributed by atoms with E-state index >= 15 is 0 Å². The molecule has 2 aromatic rings. The molecule has 144 valence electrons. The average Bonchev–Trinajstić information content (AvgIpc) is 2.70. The molecule has 0 fully saturated rings. The first kappa shape index (κ1) is 20.3. The summed E-state index contributed by atoms with van der Waals surface area (Å²) in [5.74, 6) is 0.00227. The molecule has 0 aliphatic rings. The molecule has 1 N–H and O–H groups in total. The van der Waals surface area contributed by atoms with E-state index in [2.05, 4.69) is 5.32 Å². The summed E-state index contributed by atoms with van der Waals surface area (Å²) in [6.45, 7) is 4.22. The van der Waals surface area contributed by atoms with Gasteiger partial charge in [-0.2, -0.15) is 0 Å². The molecule has 6 heteroatoms. The van der Waals surface area contributed by atoms with Crippen molar-refractivity contribution in [3.8, 4) is 11.5 Å². The van der Waals surface area contributed by atoms with Gasteiger partial charge in [0.15, 0.2) is 18.1 Å². The van der Waals surface area contributed by atoms with Gasteiger partial charge >= 0.3 is 5.97 Å². The number of carbonyl (C=O) groups is 2. The van der Waals surface area contributed by atoms with E-state index in [-0.39, 0.29) is 12.2 Å². The fourth-order valence-electron chi connectivity index (χ4n) is 2.41. The van der Waals surface area contributed by atoms with Gasteiger partial charge in [0.05, 0.1) is 19.3 Å². The normalized spacial score (nSPS) is 10.2. The lowest BCUT2D eigenvalue weighted by Gasteiger charge is -2.11. The molecule has 0 aromatic heterocycles. The van der Waals surface area contributed by atoms with Crippen LogP contribution >= 0.6 is 0 Å². The lowest BCUT2D eigenvalue weighted by atomic mass is 10.1. The third kappa shape index (κ3) is 6.02. The number of amides is 1. The largest absolute Gasteiger partial charge is 0.493 e. The van der Waals surface area contributed by atoms with Gasteiger partial charge in [-0.3, -0.25) is 4.79 Å². The average molecular weight is 371 g/mol. The van der Waals surface area contributed by atoms with Crippen molar-refractivity contribution in [1.82, 2.24) is 0 Å². The predicted molar refractivity (Wildman–Crippen MR) is 104 cm³/mol. The van der Waals surface area contributed by atoms with Gasteiger partial charge in [0.2, 0.25) is 0 Å². The maximum absolute atomic E-state index is 12.2. The summed E-state index contributed by atoms with van der Waals surface area (Å²) in [5.41, 5.74) is 2.08. The summed E-state index contributed by atoms with van der Waals surface area (Å²) >= 11 is 0. The van der Waals surface area contributed by atoms with E-state index in [0.29, 0.717) is 23.8 Å². The number of ether oxygens (including phenoxy) is 3. The number of anilines is 1. The molecule has 2 rings (SSSR count). The number of nitrogens with one attached hydrogen (secondary N) is 1. The summed E-state index contributed by atoms with van der Waals surface area (Å²) in [5, 5.41) is 2.72. The van der Waals surface area contributed by atoms with Gasteiger partial charge in [-0.1, -0.05) is 26.0 Å². The molecular weight excluding hydrogens is 346 g/mol. The molecule has 2 aromatic carbocycles. The van der Waals surface area contributed by atoms with Crippen molar-refractivity contribution < 1.29 is 23.8 Å². The monoisotopic (exact) mass is 371 g/mol. The van der Waals surface area contributed by atoms with Gasteiger partial charge in [0.1, 0.15) is 0 Å². The van der Waals surface area contributed by atoms with Gasteiger partial charge < -0.3 is 19.5 Å². The van der Waals surface area contributed by atoms with E-state index in [1.807, 2.05) is 32.0 Å². The molecule has 6 nitrogen and oxygen atoms in total. The molecule has 0 unspecified atom stereocenters. The molecule has 0 radical (unpaired) electrons. The number of hydrogen-bond acceptors (Lipinski definition) is 5. The van der Waals surface area contributed by atoms with Crippen LogP contribution < -0.4 is 14.8 Å². The highest BCUT2D eigenvalue weighted by molar-refractivity contribution is 5.95. The molecule has 0 aliphatic carbocycles. The lowest BCUT2D eigenvalue weighted by Crippen LogP contribution is -2.21. The Balaban J connectivity index is 1.93. The quantitative estimate of drug-likeness (QED) is 0.678. The third-order valence-electron chi connectivity index (χ3n) is 3.81. The van der Waals surface area contributed by atoms with E-state index in [0.717, 1.165) is 18.4 Å². The number of esters is 1. The van der Waals surface area contributed by atoms with Crippen molar-refractivity contribution in [2.24, 2.45) is 0 Å². The Morgan fingerprint density at radius 1 is 1.04 bits per heavy atom. The molecule has 0 atom stereocenters. The fraction of sp³-hybridized carbons (Fsp3) is 0.333. The summed E-state index contributed by atoms with van der Waals surface area (Å²) in [4.78, 5) is 24.2. The van der Waals surface area contributed by atoms with Crippen LogP contribution in [0.1, 0.15) is 36.2 Å². The highest BCUT2D eigenvalue weighted by atomic mass is 16.5. The first-order valence-corrected chi connectivity index (χ1v) is 8.94. The Morgan fingerprint density at radius 2 is 1.85 bits per heavy atom. The van der Waals surface area contributed by atoms with Crippen LogP contribution in [0.3, 0.4) is 0 Å². The zero-order valence-electron chi connectivity index (χ0n) is 15.9. The summed E-state index contributed by atoms with van der Waals surface area (Å²) < 4.78 is 15.9. The van der Waals surface area contributed by atoms with Crippen molar-refractivity contribution in [3.05, 3.63) is 53.6 Å². The zero-order chi connectivity index (χ0) is 19.6. The number of methoxy groups -OCH3 is 1. The van der Waals surface area contributed by atoms with Crippen LogP contribution in [0.25, 0.3) is 0 Å². The van der Waals surface area contributed by atoms with Crippen LogP contribution in [-0.2, 0) is 16.0 Å². The summed E-state index contributed by atoms with van der Waals surface area (Å²) in [7, 11) is 1.50. The Hall–Kier alpha value is -3.02. The minimum absolute atomic E-state index is 0.288. The second kappa shape index (κ2) is 10.2. The topological polar surface area (TPSA) is 73.9 Å². The van der Waals surface area contributed by atoms with Gasteiger partial charge in [-0.25, -0.2) is 4.79 Å². The fourth-order valence-corrected chi connectivity index (χ4v) is 2.41. The second-order valence-corrected chi connectivity index (χ2v) is 5.89. The van der Waals surface area contributed by atoms with E-state index < -0.39 is 11.9 Å². The lowest BCUT2D eigenvalue weighted by molar-refractivity contribution is -0.119. The standard InChI is InChI=1S/C21H25NO5/c1-4-11-26-18-10-9-16(13-19(18)25-3)21(24)27-14-20(23)22-17-8-6-7-15(5-2)12-17/h6-10,12-13H,4-5,11,14H2,1-3H3,(H,22,23). The predicted octanol–water partition coefficient (Wildman–Crippen LogP) is 3.84. The summed E-state index contributed by atoms with van der Waals surface area (Å²) in [6.07, 6.45) is 1.74. The first-order chi connectivity index (χ1) is 13.1. The van der Waals surface area contributed by atoms with E-state index in [4.69, 9.17) is 14.2 Å². The van der Waals surface area contributed by atoms with E-state index in [1.165, 1.54) is 13.2 Å². The van der Waals surface area contributed by atoms with Gasteiger partial charge in [0, 0.05) is 5.69 Å². The van der Waals surface area contributed by atoms with Crippen LogP contribution in [0.4, 0.5) is 5.69 Å². The smallest absolute Gasteiger partial charge is 0.338 e. The minimum Gasteiger partial charge on any atom is -0.493 e. The second-order valence-electron chi connectivity index (χ2n) is 5.89. The Labute approximate surface area is 159 Å². The number of rotatable bonds is 9. The van der Waals surface area contributed by atoms with Crippen LogP contribution in [0.5, 0.6) is 11.5 Å². The molecular formula is C21H25NO5. The van der Waals surface area contributed by atoms with Crippen LogP contribution in [0.15, 0.2) is 42.5 Å². The molecule has 0 bridgehead atoms. The maximum atomic E-state index is 12.2. The number of carbonyl (C=O) groups excluding carboxylic acids is 2. The van der Waals surface area contributed by atoms with Crippen molar-refractivity contribution in [1.29, 1.82) is 0 Å². The molecule has 0 saturated carbocycles. The van der Waals surface area contributed by atoms with Crippen LogP contribution in [0, 0.1) is 0 Å². The molecule has 0 aliphatic heterocycles. The third-order valence-corrected chi connectivity index (χ3v) is 3.81. The summed E-state index contributed by atoms with van der Waals surface area (Å²) in [6, 6.07) is 12.3. The number of hydrogen-bond donors (Lipinski definition) is 1. The Morgan fingerprint density at radius 3 is 2.56 bits per heavy atom. The Bertz CT molecular complexity index is 788.